The van der Waals surface area contributed by atoms with Crippen LogP contribution < -0.4 is 10.8 Å². The highest BCUT2D eigenvalue weighted by molar-refractivity contribution is 14.1. The van der Waals surface area contributed by atoms with Gasteiger partial charge in [-0.05, 0) is 52.9 Å². The predicted molar refractivity (Wildman–Crippen MR) is 95.8 cm³/mol. The number of halogens is 4. The molecule has 0 radical (unpaired) electrons. The Kier molecular flexibility index (Phi) is 5.60. The van der Waals surface area contributed by atoms with Crippen molar-refractivity contribution in [2.24, 2.45) is 0 Å². The lowest BCUT2D eigenvalue weighted by Gasteiger charge is -2.14. The van der Waals surface area contributed by atoms with Gasteiger partial charge < -0.3 is 15.5 Å². The molecule has 0 aliphatic rings. The minimum Gasteiger partial charge on any atom is -0.479 e. The van der Waals surface area contributed by atoms with E-state index in [-0.39, 0.29) is 5.69 Å². The largest absolute Gasteiger partial charge is 0.479 e. The van der Waals surface area contributed by atoms with Crippen molar-refractivity contribution in [1.29, 1.82) is 0 Å². The zero-order valence-electron chi connectivity index (χ0n) is 16.0. The van der Waals surface area contributed by atoms with Gasteiger partial charge in [0.05, 0.1) is 21.1 Å². The minimum absolute atomic E-state index is 0.309. The van der Waals surface area contributed by atoms with E-state index in [4.69, 9.17) is 9.22 Å². The minimum atomic E-state index is -3.81. The fourth-order valence-electron chi connectivity index (χ4n) is 1.81. The summed E-state index contributed by atoms with van der Waals surface area (Å²) in [4.78, 5) is 27.2. The summed E-state index contributed by atoms with van der Waals surface area (Å²) in [5.41, 5.74) is -0.391. The fourth-order valence-corrected chi connectivity index (χ4v) is 2.26. The molecule has 2 aromatic carbocycles. The molecule has 0 heterocycles. The summed E-state index contributed by atoms with van der Waals surface area (Å²) in [5, 5.41) is 20.2. The number of benzene rings is 2. The van der Waals surface area contributed by atoms with E-state index >= 15 is 0 Å². The molecule has 0 aromatic heterocycles. The molecular formula is C16H12F3IN2O5. The van der Waals surface area contributed by atoms with Crippen LogP contribution in [0.3, 0.4) is 0 Å². The highest BCUT2D eigenvalue weighted by Crippen LogP contribution is 2.28. The van der Waals surface area contributed by atoms with E-state index in [1.165, 1.54) is 17.6 Å². The number of carboxylic acid groups (broad SMARTS) is 1. The fraction of sp³-hybridized carbons (Fsp3) is 0.125. The van der Waals surface area contributed by atoms with Crippen molar-refractivity contribution in [3.63, 3.8) is 0 Å². The Hall–Kier alpha value is -2.38. The van der Waals surface area contributed by atoms with E-state index in [0.717, 1.165) is 12.1 Å². The zero-order chi connectivity index (χ0) is 22.9. The van der Waals surface area contributed by atoms with Gasteiger partial charge in [0.1, 0.15) is 12.4 Å². The van der Waals surface area contributed by atoms with E-state index in [1.807, 2.05) is 22.6 Å². The lowest BCUT2D eigenvalue weighted by atomic mass is 10.1. The van der Waals surface area contributed by atoms with Crippen LogP contribution >= 0.6 is 22.6 Å². The van der Waals surface area contributed by atoms with Crippen molar-refractivity contribution in [1.82, 2.24) is 5.48 Å². The second-order valence-corrected chi connectivity index (χ2v) is 6.07. The number of nitrogens with one attached hydrogen (secondary N) is 2. The van der Waals surface area contributed by atoms with Gasteiger partial charge in [-0.15, -0.1) is 0 Å². The van der Waals surface area contributed by atoms with E-state index in [1.54, 1.807) is 0 Å². The van der Waals surface area contributed by atoms with E-state index in [9.17, 15) is 27.9 Å². The average Bonchev–Trinajstić information content (AvgIpc) is 2.65. The number of aliphatic carboxylic acids is 1. The molecule has 7 nitrogen and oxygen atoms in total. The Morgan fingerprint density at radius 1 is 1.26 bits per heavy atom. The number of aliphatic hydroxyl groups is 1. The molecule has 0 saturated carbocycles. The Labute approximate surface area is 168 Å². The van der Waals surface area contributed by atoms with E-state index in [2.05, 4.69) is 10.2 Å². The average molecular weight is 499 g/mol. The summed E-state index contributed by atoms with van der Waals surface area (Å²) in [6, 6.07) is 5.06. The number of hydroxylamine groups is 1. The van der Waals surface area contributed by atoms with Gasteiger partial charge in [-0.2, -0.15) is 0 Å². The van der Waals surface area contributed by atoms with Crippen LogP contribution in [0.4, 0.5) is 24.5 Å². The SMILES string of the molecule is [2H]C([2H])(ONC(=O)c1ccc(F)c(F)c1Nc1ccc(I)cc1F)C([2H])(O)C(=O)O. The zero-order valence-corrected chi connectivity index (χ0v) is 15.2. The van der Waals surface area contributed by atoms with Crippen LogP contribution in [0.2, 0.25) is 0 Å². The van der Waals surface area contributed by atoms with Crippen LogP contribution in [0, 0.1) is 21.0 Å². The number of carbonyl (C=O) groups is 2. The Morgan fingerprint density at radius 3 is 2.59 bits per heavy atom. The molecule has 27 heavy (non-hydrogen) atoms. The number of hydrogen-bond acceptors (Lipinski definition) is 5. The summed E-state index contributed by atoms with van der Waals surface area (Å²) >= 11 is 1.82. The second kappa shape index (κ2) is 9.01. The smallest absolute Gasteiger partial charge is 0.335 e. The standard InChI is InChI=1S/C16H12F3IN2O5/c17-9-3-2-8(15(24)22-27-6-12(23)16(25)26)14(13(9)19)21-11-4-1-7(20)5-10(11)18/h1-5,12,21,23H,6H2,(H,22,24)(H,25,26)/i6D2,12D. The van der Waals surface area contributed by atoms with Crippen LogP contribution in [0.1, 0.15) is 14.5 Å². The maximum Gasteiger partial charge on any atom is 0.335 e. The number of carbonyl (C=O) groups excluding carboxylic acids is 1. The summed E-state index contributed by atoms with van der Waals surface area (Å²) in [6.07, 6.45) is -3.81. The van der Waals surface area contributed by atoms with Crippen molar-refractivity contribution in [3.8, 4) is 0 Å². The van der Waals surface area contributed by atoms with Crippen molar-refractivity contribution in [2.45, 2.75) is 6.08 Å². The lowest BCUT2D eigenvalue weighted by Crippen LogP contribution is -2.32. The van der Waals surface area contributed by atoms with Gasteiger partial charge in [0.2, 0.25) is 0 Å². The quantitative estimate of drug-likeness (QED) is 0.345. The molecule has 0 aliphatic heterocycles. The van der Waals surface area contributed by atoms with E-state index in [0.29, 0.717) is 9.64 Å². The van der Waals surface area contributed by atoms with E-state index < -0.39 is 53.2 Å². The van der Waals surface area contributed by atoms with Crippen molar-refractivity contribution in [3.05, 3.63) is 56.9 Å². The molecule has 1 atom stereocenters. The third-order valence-corrected chi connectivity index (χ3v) is 3.70. The molecule has 2 rings (SSSR count). The maximum atomic E-state index is 14.3. The number of hydrogen-bond donors (Lipinski definition) is 4. The molecule has 0 saturated heterocycles. The molecule has 11 heteroatoms. The van der Waals surface area contributed by atoms with Gasteiger partial charge in [-0.25, -0.2) is 23.4 Å². The summed E-state index contributed by atoms with van der Waals surface area (Å²) < 4.78 is 64.1. The number of rotatable bonds is 7. The molecule has 4 N–H and O–H groups in total. The topological polar surface area (TPSA) is 108 Å². The molecule has 0 aliphatic carbocycles. The Bertz CT molecular complexity index is 1010. The maximum absolute atomic E-state index is 14.3. The molecule has 1 unspecified atom stereocenters. The summed E-state index contributed by atoms with van der Waals surface area (Å²) in [7, 11) is 0. The molecule has 0 bridgehead atoms. The first-order valence-electron chi connectivity index (χ1n) is 8.42. The van der Waals surface area contributed by atoms with Crippen molar-refractivity contribution in [2.75, 3.05) is 11.9 Å². The molecule has 2 aromatic rings. The van der Waals surface area contributed by atoms with Gasteiger partial charge in [-0.3, -0.25) is 9.63 Å². The number of carboxylic acids is 1. The normalized spacial score (nSPS) is 15.1. The first kappa shape index (κ1) is 16.8. The van der Waals surface area contributed by atoms with Crippen LogP contribution in [-0.2, 0) is 9.63 Å². The Balaban J connectivity index is 2.34. The Morgan fingerprint density at radius 2 is 1.96 bits per heavy atom. The monoisotopic (exact) mass is 499 g/mol. The number of anilines is 2. The molecular weight excluding hydrogens is 484 g/mol. The van der Waals surface area contributed by atoms with Crippen LogP contribution in [0.5, 0.6) is 0 Å². The third-order valence-electron chi connectivity index (χ3n) is 3.02. The number of amides is 1. The van der Waals surface area contributed by atoms with Crippen LogP contribution in [0.15, 0.2) is 30.3 Å². The van der Waals surface area contributed by atoms with Gasteiger partial charge in [-0.1, -0.05) is 0 Å². The summed E-state index contributed by atoms with van der Waals surface area (Å²) in [6.45, 7) is -3.64. The summed E-state index contributed by atoms with van der Waals surface area (Å²) in [5.74, 6) is -7.52. The molecule has 0 spiro atoms. The lowest BCUT2D eigenvalue weighted by molar-refractivity contribution is -0.151. The van der Waals surface area contributed by atoms with Gasteiger partial charge >= 0.3 is 5.97 Å². The molecule has 0 fully saturated rings. The first-order valence-corrected chi connectivity index (χ1v) is 8.00. The van der Waals surface area contributed by atoms with Gasteiger partial charge in [0.15, 0.2) is 17.7 Å². The molecule has 1 amide bonds. The van der Waals surface area contributed by atoms with Crippen molar-refractivity contribution < 1.29 is 41.9 Å². The highest BCUT2D eigenvalue weighted by Gasteiger charge is 2.21. The predicted octanol–water partition coefficient (Wildman–Crippen LogP) is 2.56. The van der Waals surface area contributed by atoms with Crippen molar-refractivity contribution >= 4 is 45.8 Å². The van der Waals surface area contributed by atoms with Gasteiger partial charge in [0, 0.05) is 3.57 Å². The third kappa shape index (κ3) is 5.30. The van der Waals surface area contributed by atoms with Crippen LogP contribution in [0.25, 0.3) is 0 Å². The molecule has 144 valence electrons. The second-order valence-electron chi connectivity index (χ2n) is 4.82. The van der Waals surface area contributed by atoms with Gasteiger partial charge in [0.25, 0.3) is 5.91 Å². The van der Waals surface area contributed by atoms with Crippen LogP contribution in [-0.4, -0.2) is 34.7 Å². The highest BCUT2D eigenvalue weighted by atomic mass is 127. The first-order chi connectivity index (χ1) is 13.8.